The third-order valence-corrected chi connectivity index (χ3v) is 2.80. The van der Waals surface area contributed by atoms with Gasteiger partial charge < -0.3 is 4.74 Å². The van der Waals surface area contributed by atoms with Gasteiger partial charge in [0, 0.05) is 6.20 Å². The number of benzene rings is 1. The summed E-state index contributed by atoms with van der Waals surface area (Å²) < 4.78 is 6.70. The van der Waals surface area contributed by atoms with Gasteiger partial charge in [-0.2, -0.15) is 5.10 Å². The summed E-state index contributed by atoms with van der Waals surface area (Å²) in [5.41, 5.74) is 1.58. The predicted octanol–water partition coefficient (Wildman–Crippen LogP) is 2.67. The molecule has 4 heteroatoms. The molecule has 94 valence electrons. The summed E-state index contributed by atoms with van der Waals surface area (Å²) in [5, 5.41) is 4.21. The minimum absolute atomic E-state index is 0.000561. The van der Waals surface area contributed by atoms with Crippen molar-refractivity contribution in [1.29, 1.82) is 0 Å². The van der Waals surface area contributed by atoms with E-state index in [0.29, 0.717) is 12.3 Å². The van der Waals surface area contributed by atoms with Crippen LogP contribution in [0, 0.1) is 0 Å². The summed E-state index contributed by atoms with van der Waals surface area (Å²) in [7, 11) is 0. The second kappa shape index (κ2) is 5.49. The highest BCUT2D eigenvalue weighted by atomic mass is 16.5. The first kappa shape index (κ1) is 12.4. The number of hydrogen-bond acceptors (Lipinski definition) is 3. The molecule has 0 saturated heterocycles. The highest BCUT2D eigenvalue weighted by molar-refractivity contribution is 5.87. The van der Waals surface area contributed by atoms with Gasteiger partial charge in [0.05, 0.1) is 12.6 Å². The predicted molar refractivity (Wildman–Crippen MR) is 68.4 cm³/mol. The zero-order chi connectivity index (χ0) is 13.0. The molecule has 0 aliphatic rings. The molecule has 0 N–H and O–H groups in total. The van der Waals surface area contributed by atoms with Crippen LogP contribution in [-0.2, 0) is 4.74 Å². The molecule has 0 saturated carbocycles. The fourth-order valence-electron chi connectivity index (χ4n) is 1.86. The van der Waals surface area contributed by atoms with Crippen LogP contribution >= 0.6 is 0 Å². The van der Waals surface area contributed by atoms with Gasteiger partial charge in [-0.1, -0.05) is 30.3 Å². The Balaban J connectivity index is 2.29. The number of rotatable bonds is 4. The largest absolute Gasteiger partial charge is 0.461 e. The van der Waals surface area contributed by atoms with Crippen LogP contribution < -0.4 is 0 Å². The molecule has 0 fully saturated rings. The molecule has 0 bridgehead atoms. The van der Waals surface area contributed by atoms with E-state index in [1.807, 2.05) is 37.3 Å². The number of carbonyl (C=O) groups is 1. The van der Waals surface area contributed by atoms with Crippen LogP contribution in [0.5, 0.6) is 0 Å². The van der Waals surface area contributed by atoms with E-state index < -0.39 is 0 Å². The van der Waals surface area contributed by atoms with Gasteiger partial charge in [-0.3, -0.25) is 4.68 Å². The molecule has 1 aromatic carbocycles. The van der Waals surface area contributed by atoms with E-state index in [2.05, 4.69) is 5.10 Å². The van der Waals surface area contributed by atoms with Gasteiger partial charge in [0.15, 0.2) is 0 Å². The number of esters is 1. The second-order valence-electron chi connectivity index (χ2n) is 3.97. The summed E-state index contributed by atoms with van der Waals surface area (Å²) in [4.78, 5) is 11.8. The normalized spacial score (nSPS) is 12.1. The van der Waals surface area contributed by atoms with Crippen LogP contribution in [0.2, 0.25) is 0 Å². The maximum Gasteiger partial charge on any atom is 0.356 e. The molecule has 0 spiro atoms. The summed E-state index contributed by atoms with van der Waals surface area (Å²) in [6, 6.07) is 11.6. The number of hydrogen-bond donors (Lipinski definition) is 0. The lowest BCUT2D eigenvalue weighted by atomic mass is 10.1. The first-order valence-corrected chi connectivity index (χ1v) is 5.99. The number of carbonyl (C=O) groups excluding carboxylic acids is 1. The van der Waals surface area contributed by atoms with Gasteiger partial charge in [-0.15, -0.1) is 0 Å². The van der Waals surface area contributed by atoms with Gasteiger partial charge in [-0.25, -0.2) is 4.79 Å². The summed E-state index contributed by atoms with van der Waals surface area (Å²) in [5.74, 6) is -0.335. The molecule has 0 aliphatic carbocycles. The standard InChI is InChI=1S/C14H16N2O2/c1-3-18-14(17)13-9-10-15-16(13)11(2)12-7-5-4-6-8-12/h4-11H,3H2,1-2H3. The van der Waals surface area contributed by atoms with Crippen LogP contribution in [0.15, 0.2) is 42.6 Å². The molecule has 2 rings (SSSR count). The van der Waals surface area contributed by atoms with E-state index >= 15 is 0 Å². The summed E-state index contributed by atoms with van der Waals surface area (Å²) in [6.07, 6.45) is 1.62. The summed E-state index contributed by atoms with van der Waals surface area (Å²) in [6.45, 7) is 4.16. The van der Waals surface area contributed by atoms with Gasteiger partial charge in [0.1, 0.15) is 5.69 Å². The number of ether oxygens (including phenoxy) is 1. The van der Waals surface area contributed by atoms with Crippen molar-refractivity contribution in [3.63, 3.8) is 0 Å². The Morgan fingerprint density at radius 3 is 2.72 bits per heavy atom. The molecule has 1 atom stereocenters. The molecule has 1 heterocycles. The summed E-state index contributed by atoms with van der Waals surface area (Å²) >= 11 is 0. The van der Waals surface area contributed by atoms with Crippen molar-refractivity contribution in [2.45, 2.75) is 19.9 Å². The van der Waals surface area contributed by atoms with E-state index in [1.54, 1.807) is 23.9 Å². The fourth-order valence-corrected chi connectivity index (χ4v) is 1.86. The number of aromatic nitrogens is 2. The maximum absolute atomic E-state index is 11.8. The smallest absolute Gasteiger partial charge is 0.356 e. The fraction of sp³-hybridized carbons (Fsp3) is 0.286. The van der Waals surface area contributed by atoms with Crippen LogP contribution in [0.1, 0.15) is 35.9 Å². The molecule has 4 nitrogen and oxygen atoms in total. The Hall–Kier alpha value is -2.10. The first-order chi connectivity index (χ1) is 8.74. The Morgan fingerprint density at radius 2 is 2.06 bits per heavy atom. The zero-order valence-corrected chi connectivity index (χ0v) is 10.5. The molecule has 0 radical (unpaired) electrons. The third kappa shape index (κ3) is 2.42. The Bertz CT molecular complexity index is 520. The average molecular weight is 244 g/mol. The molecular formula is C14H16N2O2. The maximum atomic E-state index is 11.8. The van der Waals surface area contributed by atoms with Gasteiger partial charge in [0.25, 0.3) is 0 Å². The van der Waals surface area contributed by atoms with E-state index in [-0.39, 0.29) is 12.0 Å². The lowest BCUT2D eigenvalue weighted by Crippen LogP contribution is -2.17. The van der Waals surface area contributed by atoms with Crippen LogP contribution in [0.3, 0.4) is 0 Å². The Labute approximate surface area is 106 Å². The third-order valence-electron chi connectivity index (χ3n) is 2.80. The van der Waals surface area contributed by atoms with Crippen molar-refractivity contribution in [2.24, 2.45) is 0 Å². The Kier molecular flexibility index (Phi) is 3.77. The van der Waals surface area contributed by atoms with Crippen LogP contribution in [0.25, 0.3) is 0 Å². The molecule has 0 aliphatic heterocycles. The first-order valence-electron chi connectivity index (χ1n) is 5.99. The van der Waals surface area contributed by atoms with Gasteiger partial charge >= 0.3 is 5.97 Å². The SMILES string of the molecule is CCOC(=O)c1ccnn1C(C)c1ccccc1. The highest BCUT2D eigenvalue weighted by Gasteiger charge is 2.17. The Morgan fingerprint density at radius 1 is 1.33 bits per heavy atom. The van der Waals surface area contributed by atoms with E-state index in [0.717, 1.165) is 5.56 Å². The molecule has 1 aromatic heterocycles. The monoisotopic (exact) mass is 244 g/mol. The van der Waals surface area contributed by atoms with Gasteiger partial charge in [-0.05, 0) is 25.5 Å². The molecule has 2 aromatic rings. The average Bonchev–Trinajstić information content (AvgIpc) is 2.88. The number of nitrogens with zero attached hydrogens (tertiary/aromatic N) is 2. The minimum Gasteiger partial charge on any atom is -0.461 e. The quantitative estimate of drug-likeness (QED) is 0.777. The van der Waals surface area contributed by atoms with Gasteiger partial charge in [0.2, 0.25) is 0 Å². The van der Waals surface area contributed by atoms with Crippen LogP contribution in [0.4, 0.5) is 0 Å². The van der Waals surface area contributed by atoms with E-state index in [9.17, 15) is 4.79 Å². The van der Waals surface area contributed by atoms with Crippen molar-refractivity contribution >= 4 is 5.97 Å². The van der Waals surface area contributed by atoms with Crippen molar-refractivity contribution in [3.8, 4) is 0 Å². The molecular weight excluding hydrogens is 228 g/mol. The lowest BCUT2D eigenvalue weighted by molar-refractivity contribution is 0.0510. The molecule has 0 amide bonds. The van der Waals surface area contributed by atoms with Crippen molar-refractivity contribution in [1.82, 2.24) is 9.78 Å². The molecule has 18 heavy (non-hydrogen) atoms. The second-order valence-corrected chi connectivity index (χ2v) is 3.97. The van der Waals surface area contributed by atoms with Crippen LogP contribution in [-0.4, -0.2) is 22.4 Å². The van der Waals surface area contributed by atoms with Crippen molar-refractivity contribution < 1.29 is 9.53 Å². The van der Waals surface area contributed by atoms with E-state index in [1.165, 1.54) is 0 Å². The van der Waals surface area contributed by atoms with Crippen molar-refractivity contribution in [2.75, 3.05) is 6.61 Å². The highest BCUT2D eigenvalue weighted by Crippen LogP contribution is 2.18. The topological polar surface area (TPSA) is 44.1 Å². The van der Waals surface area contributed by atoms with E-state index in [4.69, 9.17) is 4.74 Å². The molecule has 1 unspecified atom stereocenters. The zero-order valence-electron chi connectivity index (χ0n) is 10.5. The minimum atomic E-state index is -0.335. The van der Waals surface area contributed by atoms with Crippen molar-refractivity contribution in [3.05, 3.63) is 53.9 Å². The lowest BCUT2D eigenvalue weighted by Gasteiger charge is -2.15.